The van der Waals surface area contributed by atoms with Crippen molar-refractivity contribution in [1.29, 1.82) is 0 Å². The summed E-state index contributed by atoms with van der Waals surface area (Å²) in [5.41, 5.74) is 7.78. The number of piperazine rings is 1. The number of hydrogen-bond donors (Lipinski definition) is 2. The van der Waals surface area contributed by atoms with Gasteiger partial charge in [-0.25, -0.2) is 9.67 Å². The van der Waals surface area contributed by atoms with E-state index < -0.39 is 11.9 Å². The molecule has 0 radical (unpaired) electrons. The number of fused-ring (bicyclic) bond motifs is 8. The largest absolute Gasteiger partial charge is 0.477 e. The Morgan fingerprint density at radius 3 is 2.54 bits per heavy atom. The predicted octanol–water partition coefficient (Wildman–Crippen LogP) is 3.74. The molecule has 5 amide bonds. The molecule has 63 heavy (non-hydrogen) atoms. The van der Waals surface area contributed by atoms with Gasteiger partial charge in [-0.05, 0) is 79.6 Å². The fourth-order valence-corrected chi connectivity index (χ4v) is 9.66. The molecule has 10 rings (SSSR count). The van der Waals surface area contributed by atoms with Crippen LogP contribution >= 0.6 is 0 Å². The third-order valence-corrected chi connectivity index (χ3v) is 13.2. The summed E-state index contributed by atoms with van der Waals surface area (Å²) in [6.07, 6.45) is 4.03. The number of pyridine rings is 1. The highest BCUT2D eigenvalue weighted by molar-refractivity contribution is 6.06. The van der Waals surface area contributed by atoms with Crippen LogP contribution in [0.1, 0.15) is 70.1 Å². The van der Waals surface area contributed by atoms with Gasteiger partial charge in [0.1, 0.15) is 6.04 Å². The number of piperidine rings is 1. The smallest absolute Gasteiger partial charge is 0.258 e. The van der Waals surface area contributed by atoms with Crippen molar-refractivity contribution in [2.75, 3.05) is 56.1 Å². The van der Waals surface area contributed by atoms with Crippen molar-refractivity contribution in [2.24, 2.45) is 18.9 Å². The van der Waals surface area contributed by atoms with Crippen LogP contribution in [0.3, 0.4) is 0 Å². The normalized spacial score (nSPS) is 21.2. The molecule has 3 aromatic heterocycles. The molecule has 2 N–H and O–H groups in total. The predicted molar refractivity (Wildman–Crippen MR) is 233 cm³/mol. The number of hydrogen-bond acceptors (Lipinski definition) is 11. The summed E-state index contributed by atoms with van der Waals surface area (Å²) in [7, 11) is 1.84. The molecule has 3 saturated heterocycles. The number of aromatic nitrogens is 5. The number of aryl methyl sites for hydroxylation is 2. The molecule has 1 unspecified atom stereocenters. The van der Waals surface area contributed by atoms with Gasteiger partial charge in [-0.1, -0.05) is 19.1 Å². The molecule has 0 aliphatic carbocycles. The van der Waals surface area contributed by atoms with Crippen molar-refractivity contribution in [3.63, 3.8) is 0 Å². The zero-order valence-electron chi connectivity index (χ0n) is 35.8. The highest BCUT2D eigenvalue weighted by atomic mass is 16.5. The van der Waals surface area contributed by atoms with Crippen molar-refractivity contribution in [3.05, 3.63) is 82.7 Å². The van der Waals surface area contributed by atoms with Crippen molar-refractivity contribution >= 4 is 52.2 Å². The summed E-state index contributed by atoms with van der Waals surface area (Å²) in [6, 6.07) is 15.0. The van der Waals surface area contributed by atoms with E-state index in [1.54, 1.807) is 27.9 Å². The maximum Gasteiger partial charge on any atom is 0.258 e. The van der Waals surface area contributed by atoms with Gasteiger partial charge >= 0.3 is 0 Å². The highest BCUT2D eigenvalue weighted by Crippen LogP contribution is 2.34. The van der Waals surface area contributed by atoms with Crippen LogP contribution < -0.4 is 20.3 Å². The Morgan fingerprint density at radius 2 is 1.73 bits per heavy atom. The number of anilines is 2. The standard InChI is InChI=1S/C46H51N11O6/c1-27-5-4-16-63-45-35(21-47-52(45)3)37-19-31(17-28(2)48-37)41(59)51-46-49-36-9-6-29(18-39(36)57(46)22-27)23-53-12-14-54(15-13-53)43(61)32-24-55(25-32)33-8-7-30-26-56(44(62)34(30)20-33)38-10-11-40(58)50-42(38)60/h6-9,17-21,27,32,38H,4-5,10-16,22-26H2,1-3H3,(H,49,51,59)(H,50,58,60)/t27-,38?/m1/s1. The van der Waals surface area contributed by atoms with E-state index >= 15 is 0 Å². The Morgan fingerprint density at radius 1 is 0.905 bits per heavy atom. The second-order valence-electron chi connectivity index (χ2n) is 17.7. The average molecular weight is 854 g/mol. The van der Waals surface area contributed by atoms with Crippen LogP contribution in [-0.4, -0.2) is 120 Å². The Balaban J connectivity index is 0.771. The lowest BCUT2D eigenvalue weighted by molar-refractivity contribution is -0.138. The molecular weight excluding hydrogens is 803 g/mol. The maximum absolute atomic E-state index is 13.9. The molecule has 326 valence electrons. The van der Waals surface area contributed by atoms with Crippen molar-refractivity contribution < 1.29 is 28.7 Å². The van der Waals surface area contributed by atoms with Crippen molar-refractivity contribution in [1.82, 2.24) is 44.3 Å². The van der Waals surface area contributed by atoms with E-state index in [1.165, 1.54) is 0 Å². The van der Waals surface area contributed by atoms with Gasteiger partial charge < -0.3 is 24.0 Å². The van der Waals surface area contributed by atoms with E-state index in [4.69, 9.17) is 14.7 Å². The molecule has 2 aromatic carbocycles. The SMILES string of the molecule is Cc1cc2cc(n1)-c1cnn(C)c1OCCC[C@@H](C)Cn1c(nc3ccc(CN4CCN(C(=O)C5CN(c6ccc7c(c6)C(=O)N(C6CCC(=O)NC6=O)C7)C5)CC4)cc31)NC2=O. The molecule has 17 heteroatoms. The van der Waals surface area contributed by atoms with Gasteiger partial charge in [0.05, 0.1) is 41.0 Å². The summed E-state index contributed by atoms with van der Waals surface area (Å²) >= 11 is 0. The van der Waals surface area contributed by atoms with Gasteiger partial charge in [0.25, 0.3) is 11.8 Å². The van der Waals surface area contributed by atoms with E-state index in [2.05, 4.69) is 49.2 Å². The monoisotopic (exact) mass is 853 g/mol. The number of imide groups is 1. The maximum atomic E-state index is 13.9. The summed E-state index contributed by atoms with van der Waals surface area (Å²) in [4.78, 5) is 82.7. The minimum Gasteiger partial charge on any atom is -0.477 e. The fourth-order valence-electron chi connectivity index (χ4n) is 9.66. The first-order valence-corrected chi connectivity index (χ1v) is 21.9. The minimum atomic E-state index is -0.649. The first-order valence-electron chi connectivity index (χ1n) is 21.9. The van der Waals surface area contributed by atoms with Gasteiger partial charge in [0, 0.05) is 94.9 Å². The number of benzene rings is 2. The molecule has 2 bridgehead atoms. The number of carbonyl (C=O) groups excluding carboxylic acids is 5. The van der Waals surface area contributed by atoms with Gasteiger partial charge in [0.15, 0.2) is 0 Å². The second-order valence-corrected chi connectivity index (χ2v) is 17.7. The van der Waals surface area contributed by atoms with Crippen LogP contribution in [-0.2, 0) is 41.1 Å². The number of nitrogens with zero attached hydrogens (tertiary/aromatic N) is 9. The van der Waals surface area contributed by atoms with E-state index in [0.29, 0.717) is 86.6 Å². The average Bonchev–Trinajstić information content (AvgIpc) is 3.90. The quantitative estimate of drug-likeness (QED) is 0.246. The molecule has 3 fully saturated rings. The Hall–Kier alpha value is -6.62. The summed E-state index contributed by atoms with van der Waals surface area (Å²) in [5, 5.41) is 9.89. The minimum absolute atomic E-state index is 0.113. The van der Waals surface area contributed by atoms with Crippen LogP contribution in [0, 0.1) is 18.8 Å². The van der Waals surface area contributed by atoms with Gasteiger partial charge in [-0.15, -0.1) is 0 Å². The zero-order chi connectivity index (χ0) is 43.5. The number of amides is 5. The van der Waals surface area contributed by atoms with Crippen LogP contribution in [0.5, 0.6) is 5.88 Å². The molecule has 17 nitrogen and oxygen atoms in total. The van der Waals surface area contributed by atoms with Crippen molar-refractivity contribution in [3.8, 4) is 17.1 Å². The first kappa shape index (κ1) is 40.5. The molecule has 0 spiro atoms. The molecule has 5 aromatic rings. The molecule has 5 aliphatic heterocycles. The number of rotatable bonds is 5. The van der Waals surface area contributed by atoms with E-state index in [9.17, 15) is 24.0 Å². The zero-order valence-corrected chi connectivity index (χ0v) is 35.8. The molecule has 8 heterocycles. The highest BCUT2D eigenvalue weighted by Gasteiger charge is 2.41. The van der Waals surface area contributed by atoms with Gasteiger partial charge in [-0.2, -0.15) is 5.10 Å². The second kappa shape index (κ2) is 16.3. The Labute approximate surface area is 364 Å². The number of imidazole rings is 1. The van der Waals surface area contributed by atoms with E-state index in [0.717, 1.165) is 65.9 Å². The van der Waals surface area contributed by atoms with Crippen LogP contribution in [0.4, 0.5) is 11.6 Å². The molecular formula is C46H51N11O6. The summed E-state index contributed by atoms with van der Waals surface area (Å²) in [6.45, 7) is 10.3. The van der Waals surface area contributed by atoms with E-state index in [-0.39, 0.29) is 41.9 Å². The van der Waals surface area contributed by atoms with Gasteiger partial charge in [0.2, 0.25) is 29.5 Å². The Bertz CT molecular complexity index is 2680. The van der Waals surface area contributed by atoms with Crippen LogP contribution in [0.25, 0.3) is 22.3 Å². The third-order valence-electron chi connectivity index (χ3n) is 13.2. The fraction of sp³-hybridized carbons (Fsp3) is 0.435. The topological polar surface area (TPSA) is 180 Å². The number of ether oxygens (including phenoxy) is 1. The van der Waals surface area contributed by atoms with E-state index in [1.807, 2.05) is 43.1 Å². The molecule has 2 atom stereocenters. The first-order chi connectivity index (χ1) is 30.4. The lowest BCUT2D eigenvalue weighted by Crippen LogP contribution is -2.58. The van der Waals surface area contributed by atoms with Gasteiger partial charge in [-0.3, -0.25) is 44.5 Å². The number of carbonyl (C=O) groups is 5. The van der Waals surface area contributed by atoms with Crippen LogP contribution in [0.15, 0.2) is 54.7 Å². The Kier molecular flexibility index (Phi) is 10.4. The van der Waals surface area contributed by atoms with Crippen LogP contribution in [0.2, 0.25) is 0 Å². The third kappa shape index (κ3) is 7.78. The lowest BCUT2D eigenvalue weighted by Gasteiger charge is -2.44. The molecule has 0 saturated carbocycles. The lowest BCUT2D eigenvalue weighted by atomic mass is 9.96. The van der Waals surface area contributed by atoms with Crippen molar-refractivity contribution in [2.45, 2.75) is 65.2 Å². The summed E-state index contributed by atoms with van der Waals surface area (Å²) in [5.74, 6) is 0.259. The summed E-state index contributed by atoms with van der Waals surface area (Å²) < 4.78 is 10.1. The number of nitrogens with one attached hydrogen (secondary N) is 2. The molecule has 5 aliphatic rings.